The average Bonchev–Trinajstić information content (AvgIpc) is 3.58. The first-order valence-electron chi connectivity index (χ1n) is 15.1. The van der Waals surface area contributed by atoms with Crippen LogP contribution < -0.4 is 9.80 Å². The van der Waals surface area contributed by atoms with Crippen LogP contribution in [-0.4, -0.2) is 89.8 Å². The molecular formula is C32H44BrN3O6. The Kier molecular flexibility index (Phi) is 10.9. The summed E-state index contributed by atoms with van der Waals surface area (Å²) >= 11 is 3.70. The summed E-state index contributed by atoms with van der Waals surface area (Å²) in [5, 5.41) is 9.43. The van der Waals surface area contributed by atoms with Gasteiger partial charge in [0, 0.05) is 49.0 Å². The first kappa shape index (κ1) is 32.2. The predicted molar refractivity (Wildman–Crippen MR) is 167 cm³/mol. The summed E-state index contributed by atoms with van der Waals surface area (Å²) in [7, 11) is 0. The van der Waals surface area contributed by atoms with Crippen LogP contribution in [0.2, 0.25) is 0 Å². The second-order valence-electron chi connectivity index (χ2n) is 11.2. The van der Waals surface area contributed by atoms with Gasteiger partial charge in [-0.2, -0.15) is 0 Å². The Balaban J connectivity index is 1.69. The van der Waals surface area contributed by atoms with Crippen molar-refractivity contribution < 1.29 is 29.0 Å². The summed E-state index contributed by atoms with van der Waals surface area (Å²) in [6, 6.07) is 6.90. The van der Waals surface area contributed by atoms with Crippen molar-refractivity contribution >= 4 is 45.1 Å². The monoisotopic (exact) mass is 645 g/mol. The van der Waals surface area contributed by atoms with Gasteiger partial charge >= 0.3 is 5.97 Å². The van der Waals surface area contributed by atoms with Gasteiger partial charge in [0.2, 0.25) is 5.91 Å². The van der Waals surface area contributed by atoms with Crippen LogP contribution >= 0.6 is 15.9 Å². The highest BCUT2D eigenvalue weighted by Crippen LogP contribution is 2.60. The number of carbonyl (C=O) groups is 3. The standard InChI is InChI=1S/C32H44BrN3O6/c1-5-9-12-20-41-31(40)25-26-29(38)36(18-10-11-19-37)28(32(26)21-24(33)27(25)42-32)30(39)35(17-6-2)23-15-13-22(14-16-23)34(7-3)8-4/h5-6,13-16,24-28,37H,1-2,7-12,17-21H2,3-4H3/t24?,25-,26+,27-,28?,32?/m1/s1. The molecule has 1 spiro atoms. The molecule has 4 rings (SSSR count). The number of rotatable bonds is 16. The van der Waals surface area contributed by atoms with E-state index in [0.29, 0.717) is 31.4 Å². The number of likely N-dealkylation sites (tertiary alicyclic amines) is 1. The summed E-state index contributed by atoms with van der Waals surface area (Å²) in [6.07, 6.45) is 5.67. The molecule has 10 heteroatoms. The van der Waals surface area contributed by atoms with Crippen molar-refractivity contribution in [3.05, 3.63) is 49.6 Å². The van der Waals surface area contributed by atoms with E-state index in [1.54, 1.807) is 22.0 Å². The number of alkyl halides is 1. The van der Waals surface area contributed by atoms with Crippen LogP contribution in [-0.2, 0) is 23.9 Å². The van der Waals surface area contributed by atoms with Gasteiger partial charge in [0.1, 0.15) is 11.6 Å². The quantitative estimate of drug-likeness (QED) is 0.125. The molecule has 9 nitrogen and oxygen atoms in total. The van der Waals surface area contributed by atoms with Crippen LogP contribution in [0.15, 0.2) is 49.6 Å². The number of fused-ring (bicyclic) bond motifs is 1. The van der Waals surface area contributed by atoms with Crippen LogP contribution in [0.3, 0.4) is 0 Å². The molecule has 3 heterocycles. The Morgan fingerprint density at radius 1 is 1.14 bits per heavy atom. The minimum atomic E-state index is -1.17. The lowest BCUT2D eigenvalue weighted by atomic mass is 9.70. The maximum atomic E-state index is 14.6. The minimum Gasteiger partial charge on any atom is -0.465 e. The Morgan fingerprint density at radius 2 is 1.83 bits per heavy atom. The molecule has 0 aromatic heterocycles. The molecular weight excluding hydrogens is 602 g/mol. The van der Waals surface area contributed by atoms with Crippen LogP contribution in [0.1, 0.15) is 46.0 Å². The second-order valence-corrected chi connectivity index (χ2v) is 12.3. The summed E-state index contributed by atoms with van der Waals surface area (Å²) < 4.78 is 12.2. The summed E-state index contributed by atoms with van der Waals surface area (Å²) in [5.41, 5.74) is 0.585. The number of ether oxygens (including phenoxy) is 2. The van der Waals surface area contributed by atoms with E-state index in [1.807, 2.05) is 24.3 Å². The zero-order chi connectivity index (χ0) is 30.4. The molecule has 3 fully saturated rings. The van der Waals surface area contributed by atoms with Gasteiger partial charge in [0.25, 0.3) is 5.91 Å². The molecule has 1 N–H and O–H groups in total. The van der Waals surface area contributed by atoms with E-state index < -0.39 is 35.6 Å². The fraction of sp³-hybridized carbons (Fsp3) is 0.594. The molecule has 2 bridgehead atoms. The predicted octanol–water partition coefficient (Wildman–Crippen LogP) is 4.08. The lowest BCUT2D eigenvalue weighted by Gasteiger charge is -2.37. The average molecular weight is 647 g/mol. The summed E-state index contributed by atoms with van der Waals surface area (Å²) in [5.74, 6) is -2.63. The van der Waals surface area contributed by atoms with Gasteiger partial charge in [0.15, 0.2) is 0 Å². The number of esters is 1. The molecule has 230 valence electrons. The Hall–Kier alpha value is -2.69. The number of carbonyl (C=O) groups excluding carboxylic acids is 3. The fourth-order valence-electron chi connectivity index (χ4n) is 6.84. The third-order valence-electron chi connectivity index (χ3n) is 8.77. The van der Waals surface area contributed by atoms with Crippen molar-refractivity contribution in [3.8, 4) is 0 Å². The maximum Gasteiger partial charge on any atom is 0.312 e. The molecule has 0 aliphatic carbocycles. The number of unbranched alkanes of at least 4 members (excludes halogenated alkanes) is 2. The molecule has 3 aliphatic heterocycles. The van der Waals surface area contributed by atoms with Gasteiger partial charge in [-0.05, 0) is 70.2 Å². The summed E-state index contributed by atoms with van der Waals surface area (Å²) in [4.78, 5) is 47.4. The van der Waals surface area contributed by atoms with E-state index in [-0.39, 0.29) is 42.9 Å². The molecule has 3 saturated heterocycles. The number of halogens is 1. The number of aliphatic hydroxyl groups is 1. The molecule has 2 amide bonds. The first-order valence-corrected chi connectivity index (χ1v) is 16.0. The fourth-order valence-corrected chi connectivity index (χ4v) is 7.78. The number of aliphatic hydroxyl groups excluding tert-OH is 1. The molecule has 6 atom stereocenters. The van der Waals surface area contributed by atoms with E-state index in [0.717, 1.165) is 25.2 Å². The van der Waals surface area contributed by atoms with Crippen molar-refractivity contribution in [1.82, 2.24) is 4.90 Å². The number of nitrogens with zero attached hydrogens (tertiary/aromatic N) is 3. The lowest BCUT2D eigenvalue weighted by molar-refractivity contribution is -0.155. The normalized spacial score (nSPS) is 27.6. The highest BCUT2D eigenvalue weighted by atomic mass is 79.9. The van der Waals surface area contributed by atoms with E-state index >= 15 is 0 Å². The van der Waals surface area contributed by atoms with Crippen molar-refractivity contribution in [1.29, 1.82) is 0 Å². The Morgan fingerprint density at radius 3 is 2.45 bits per heavy atom. The second kappa shape index (κ2) is 14.2. The zero-order valence-electron chi connectivity index (χ0n) is 24.8. The van der Waals surface area contributed by atoms with Gasteiger partial charge in [-0.15, -0.1) is 13.2 Å². The van der Waals surface area contributed by atoms with Gasteiger partial charge in [-0.3, -0.25) is 14.4 Å². The first-order chi connectivity index (χ1) is 20.3. The number of hydrogen-bond acceptors (Lipinski definition) is 7. The van der Waals surface area contributed by atoms with Crippen molar-refractivity contribution in [2.75, 3.05) is 49.2 Å². The number of anilines is 2. The SMILES string of the molecule is C=CCCCOC(=O)[C@H]1[C@@H]2OC3(CC2Br)C(C(=O)N(CC=C)c2ccc(N(CC)CC)cc2)N(CCCCO)C(=O)[C@H]13. The van der Waals surface area contributed by atoms with Crippen LogP contribution in [0.4, 0.5) is 11.4 Å². The number of allylic oxidation sites excluding steroid dienone is 1. The molecule has 0 saturated carbocycles. The van der Waals surface area contributed by atoms with Crippen molar-refractivity contribution in [2.45, 2.75) is 68.5 Å². The summed E-state index contributed by atoms with van der Waals surface area (Å²) in [6.45, 7) is 14.3. The smallest absolute Gasteiger partial charge is 0.312 e. The molecule has 1 aromatic carbocycles. The van der Waals surface area contributed by atoms with Gasteiger partial charge in [-0.25, -0.2) is 0 Å². The molecule has 42 heavy (non-hydrogen) atoms. The lowest BCUT2D eigenvalue weighted by Crippen LogP contribution is -2.57. The third kappa shape index (κ3) is 5.90. The van der Waals surface area contributed by atoms with E-state index in [2.05, 4.69) is 47.8 Å². The minimum absolute atomic E-state index is 0.0155. The number of hydrogen-bond donors (Lipinski definition) is 1. The van der Waals surface area contributed by atoms with E-state index in [9.17, 15) is 19.5 Å². The van der Waals surface area contributed by atoms with Crippen LogP contribution in [0.25, 0.3) is 0 Å². The van der Waals surface area contributed by atoms with E-state index in [4.69, 9.17) is 9.47 Å². The van der Waals surface area contributed by atoms with Gasteiger partial charge in [0.05, 0.1) is 24.5 Å². The van der Waals surface area contributed by atoms with Gasteiger partial charge < -0.3 is 29.3 Å². The largest absolute Gasteiger partial charge is 0.465 e. The van der Waals surface area contributed by atoms with E-state index in [1.165, 1.54) is 0 Å². The number of benzene rings is 1. The molecule has 1 aromatic rings. The third-order valence-corrected chi connectivity index (χ3v) is 9.61. The highest BCUT2D eigenvalue weighted by molar-refractivity contribution is 9.09. The van der Waals surface area contributed by atoms with Crippen molar-refractivity contribution in [2.24, 2.45) is 11.8 Å². The Bertz CT molecular complexity index is 1140. The molecule has 0 radical (unpaired) electrons. The highest BCUT2D eigenvalue weighted by Gasteiger charge is 2.77. The molecule has 3 unspecified atom stereocenters. The van der Waals surface area contributed by atoms with Crippen LogP contribution in [0, 0.1) is 11.8 Å². The van der Waals surface area contributed by atoms with Crippen LogP contribution in [0.5, 0.6) is 0 Å². The Labute approximate surface area is 257 Å². The van der Waals surface area contributed by atoms with Crippen molar-refractivity contribution in [3.63, 3.8) is 0 Å². The molecule has 3 aliphatic rings. The maximum absolute atomic E-state index is 14.6. The van der Waals surface area contributed by atoms with Gasteiger partial charge in [-0.1, -0.05) is 28.1 Å². The zero-order valence-corrected chi connectivity index (χ0v) is 26.3. The topological polar surface area (TPSA) is 99.6 Å². The number of amides is 2.